The second-order valence-corrected chi connectivity index (χ2v) is 5.92. The second kappa shape index (κ2) is 5.23. The Kier molecular flexibility index (Phi) is 3.57. The predicted octanol–water partition coefficient (Wildman–Crippen LogP) is 4.19. The van der Waals surface area contributed by atoms with E-state index in [9.17, 15) is 4.79 Å². The van der Waals surface area contributed by atoms with Crippen molar-refractivity contribution in [3.8, 4) is 0 Å². The first-order valence-electron chi connectivity index (χ1n) is 7.13. The summed E-state index contributed by atoms with van der Waals surface area (Å²) in [5, 5.41) is 4.92. The van der Waals surface area contributed by atoms with Crippen molar-refractivity contribution < 1.29 is 9.21 Å². The van der Waals surface area contributed by atoms with E-state index in [2.05, 4.69) is 12.2 Å². The lowest BCUT2D eigenvalue weighted by Crippen LogP contribution is -2.47. The first-order chi connectivity index (χ1) is 9.64. The van der Waals surface area contributed by atoms with Gasteiger partial charge in [-0.3, -0.25) is 4.79 Å². The second-order valence-electron chi connectivity index (χ2n) is 5.48. The molecule has 1 aliphatic heterocycles. The molecule has 2 heterocycles. The number of rotatable bonds is 4. The van der Waals surface area contributed by atoms with Crippen LogP contribution in [0.4, 0.5) is 0 Å². The van der Waals surface area contributed by atoms with Crippen LogP contribution in [0.2, 0.25) is 5.02 Å². The number of furan rings is 1. The zero-order valence-electron chi connectivity index (χ0n) is 11.5. The van der Waals surface area contributed by atoms with Crippen molar-refractivity contribution in [2.24, 2.45) is 0 Å². The molecule has 1 aliphatic rings. The van der Waals surface area contributed by atoms with Crippen LogP contribution in [-0.4, -0.2) is 17.9 Å². The van der Waals surface area contributed by atoms with Crippen molar-refractivity contribution in [2.75, 3.05) is 6.54 Å². The molecule has 4 heteroatoms. The number of nitrogens with one attached hydrogen (secondary N) is 1. The summed E-state index contributed by atoms with van der Waals surface area (Å²) in [5.74, 6) is 0.509. The summed E-state index contributed by atoms with van der Waals surface area (Å²) >= 11 is 5.97. The standard InChI is InChI=1S/C16H18ClNO2/c1-2-6-16(7-3-8-18-16)15(19)14-10-11-9-12(17)4-5-13(11)20-14/h4-5,9-10,18H,2-3,6-8H2,1H3. The SMILES string of the molecule is CCCC1(C(=O)c2cc3cc(Cl)ccc3o2)CCCN1. The van der Waals surface area contributed by atoms with E-state index in [4.69, 9.17) is 16.0 Å². The summed E-state index contributed by atoms with van der Waals surface area (Å²) in [4.78, 5) is 12.8. The Hall–Kier alpha value is -1.32. The van der Waals surface area contributed by atoms with Gasteiger partial charge in [0.25, 0.3) is 0 Å². The van der Waals surface area contributed by atoms with Gasteiger partial charge >= 0.3 is 0 Å². The van der Waals surface area contributed by atoms with Gasteiger partial charge in [-0.25, -0.2) is 0 Å². The van der Waals surface area contributed by atoms with E-state index in [-0.39, 0.29) is 5.78 Å². The fourth-order valence-corrected chi connectivity index (χ4v) is 3.30. The summed E-state index contributed by atoms with van der Waals surface area (Å²) in [6, 6.07) is 7.22. The summed E-state index contributed by atoms with van der Waals surface area (Å²) in [5.41, 5.74) is 0.272. The highest BCUT2D eigenvalue weighted by molar-refractivity contribution is 6.31. The number of hydrogen-bond acceptors (Lipinski definition) is 3. The van der Waals surface area contributed by atoms with E-state index in [0.717, 1.165) is 37.6 Å². The van der Waals surface area contributed by atoms with E-state index in [1.807, 2.05) is 12.1 Å². The fourth-order valence-electron chi connectivity index (χ4n) is 3.12. The molecule has 1 aromatic carbocycles. The first-order valence-corrected chi connectivity index (χ1v) is 7.51. The number of hydrogen-bond donors (Lipinski definition) is 1. The largest absolute Gasteiger partial charge is 0.453 e. The zero-order valence-corrected chi connectivity index (χ0v) is 12.3. The Morgan fingerprint density at radius 1 is 1.45 bits per heavy atom. The minimum atomic E-state index is -0.438. The average Bonchev–Trinajstić information content (AvgIpc) is 3.05. The van der Waals surface area contributed by atoms with Crippen molar-refractivity contribution in [1.82, 2.24) is 5.32 Å². The number of benzene rings is 1. The molecule has 0 aliphatic carbocycles. The number of ketones is 1. The Balaban J connectivity index is 1.98. The summed E-state index contributed by atoms with van der Waals surface area (Å²) in [6.45, 7) is 3.01. The lowest BCUT2D eigenvalue weighted by molar-refractivity contribution is 0.0830. The highest BCUT2D eigenvalue weighted by Gasteiger charge is 2.41. The van der Waals surface area contributed by atoms with Gasteiger partial charge in [0.15, 0.2) is 5.76 Å². The molecule has 1 atom stereocenters. The van der Waals surface area contributed by atoms with Crippen LogP contribution in [0.5, 0.6) is 0 Å². The maximum Gasteiger partial charge on any atom is 0.217 e. The van der Waals surface area contributed by atoms with Crippen LogP contribution in [0.15, 0.2) is 28.7 Å². The van der Waals surface area contributed by atoms with E-state index < -0.39 is 5.54 Å². The predicted molar refractivity (Wildman–Crippen MR) is 80.4 cm³/mol. The molecule has 1 saturated heterocycles. The summed E-state index contributed by atoms with van der Waals surface area (Å²) < 4.78 is 5.72. The van der Waals surface area contributed by atoms with Crippen molar-refractivity contribution in [3.05, 3.63) is 35.0 Å². The molecular weight excluding hydrogens is 274 g/mol. The number of carbonyl (C=O) groups is 1. The number of halogens is 1. The van der Waals surface area contributed by atoms with Crippen LogP contribution in [0.3, 0.4) is 0 Å². The molecule has 106 valence electrons. The van der Waals surface area contributed by atoms with E-state index in [1.165, 1.54) is 0 Å². The molecule has 0 saturated carbocycles. The number of Topliss-reactive ketones (excluding diaryl/α,β-unsaturated/α-hetero) is 1. The van der Waals surface area contributed by atoms with Gasteiger partial charge in [0.1, 0.15) is 5.58 Å². The van der Waals surface area contributed by atoms with Gasteiger partial charge in [0.05, 0.1) is 5.54 Å². The van der Waals surface area contributed by atoms with Crippen LogP contribution >= 0.6 is 11.6 Å². The average molecular weight is 292 g/mol. The maximum atomic E-state index is 12.8. The minimum absolute atomic E-state index is 0.0733. The van der Waals surface area contributed by atoms with Gasteiger partial charge < -0.3 is 9.73 Å². The third-order valence-electron chi connectivity index (χ3n) is 4.06. The quantitative estimate of drug-likeness (QED) is 0.859. The lowest BCUT2D eigenvalue weighted by atomic mass is 9.86. The van der Waals surface area contributed by atoms with Gasteiger partial charge in [0.2, 0.25) is 5.78 Å². The van der Waals surface area contributed by atoms with Crippen LogP contribution in [0.1, 0.15) is 43.2 Å². The number of carbonyl (C=O) groups excluding carboxylic acids is 1. The van der Waals surface area contributed by atoms with Gasteiger partial charge in [-0.2, -0.15) is 0 Å². The Morgan fingerprint density at radius 3 is 3.00 bits per heavy atom. The highest BCUT2D eigenvalue weighted by Crippen LogP contribution is 2.31. The highest BCUT2D eigenvalue weighted by atomic mass is 35.5. The smallest absolute Gasteiger partial charge is 0.217 e. The molecule has 3 nitrogen and oxygen atoms in total. The van der Waals surface area contributed by atoms with E-state index >= 15 is 0 Å². The molecule has 1 N–H and O–H groups in total. The summed E-state index contributed by atoms with van der Waals surface area (Å²) in [7, 11) is 0. The molecule has 0 radical (unpaired) electrons. The molecule has 1 unspecified atom stereocenters. The molecule has 0 spiro atoms. The van der Waals surface area contributed by atoms with Crippen LogP contribution in [-0.2, 0) is 0 Å². The Bertz CT molecular complexity index is 641. The van der Waals surface area contributed by atoms with Gasteiger partial charge in [-0.05, 0) is 50.1 Å². The molecular formula is C16H18ClNO2. The molecule has 3 rings (SSSR count). The van der Waals surface area contributed by atoms with E-state index in [1.54, 1.807) is 12.1 Å². The van der Waals surface area contributed by atoms with Gasteiger partial charge in [-0.15, -0.1) is 0 Å². The van der Waals surface area contributed by atoms with Crippen LogP contribution in [0.25, 0.3) is 11.0 Å². The minimum Gasteiger partial charge on any atom is -0.453 e. The van der Waals surface area contributed by atoms with Gasteiger partial charge in [-0.1, -0.05) is 24.9 Å². The Labute approximate surface area is 123 Å². The fraction of sp³-hybridized carbons (Fsp3) is 0.438. The van der Waals surface area contributed by atoms with Crippen molar-refractivity contribution in [2.45, 2.75) is 38.1 Å². The summed E-state index contributed by atoms with van der Waals surface area (Å²) in [6.07, 6.45) is 3.75. The molecule has 20 heavy (non-hydrogen) atoms. The maximum absolute atomic E-state index is 12.8. The van der Waals surface area contributed by atoms with E-state index in [0.29, 0.717) is 16.4 Å². The van der Waals surface area contributed by atoms with Crippen LogP contribution in [0, 0.1) is 0 Å². The van der Waals surface area contributed by atoms with Crippen molar-refractivity contribution >= 4 is 28.4 Å². The molecule has 1 fully saturated rings. The molecule has 0 amide bonds. The third-order valence-corrected chi connectivity index (χ3v) is 4.29. The monoisotopic (exact) mass is 291 g/mol. The molecule has 2 aromatic rings. The third kappa shape index (κ3) is 2.25. The lowest BCUT2D eigenvalue weighted by Gasteiger charge is -2.26. The number of fused-ring (bicyclic) bond motifs is 1. The molecule has 0 bridgehead atoms. The molecule has 1 aromatic heterocycles. The van der Waals surface area contributed by atoms with Crippen LogP contribution < -0.4 is 5.32 Å². The van der Waals surface area contributed by atoms with Crippen molar-refractivity contribution in [3.63, 3.8) is 0 Å². The normalized spacial score (nSPS) is 22.5. The zero-order chi connectivity index (χ0) is 14.2. The first kappa shape index (κ1) is 13.7. The van der Waals surface area contributed by atoms with Crippen molar-refractivity contribution in [1.29, 1.82) is 0 Å². The Morgan fingerprint density at radius 2 is 2.30 bits per heavy atom. The van der Waals surface area contributed by atoms with Gasteiger partial charge in [0, 0.05) is 10.4 Å². The topological polar surface area (TPSA) is 42.2 Å².